The van der Waals surface area contributed by atoms with E-state index in [1.54, 1.807) is 0 Å². The van der Waals surface area contributed by atoms with Crippen molar-refractivity contribution in [2.24, 2.45) is 10.2 Å². The summed E-state index contributed by atoms with van der Waals surface area (Å²) in [6, 6.07) is 9.50. The minimum atomic E-state index is -4.80. The molecule has 1 aromatic heterocycles. The molecule has 0 radical (unpaired) electrons. The highest BCUT2D eigenvalue weighted by molar-refractivity contribution is 5.56. The molecule has 0 bridgehead atoms. The molecule has 1 heterocycles. The second kappa shape index (κ2) is 11.6. The third kappa shape index (κ3) is 8.65. The minimum Gasteiger partial charge on any atom is -0.406 e. The number of halogens is 6. The average Bonchev–Trinajstić information content (AvgIpc) is 2.79. The first-order chi connectivity index (χ1) is 17.0. The van der Waals surface area contributed by atoms with Crippen molar-refractivity contribution in [3.8, 4) is 5.75 Å². The predicted octanol–water partition coefficient (Wildman–Crippen LogP) is 5.87. The van der Waals surface area contributed by atoms with Crippen LogP contribution in [0.25, 0.3) is 0 Å². The first-order valence-corrected chi connectivity index (χ1v) is 10.2. The Hall–Kier alpha value is -4.01. The third-order valence-corrected chi connectivity index (χ3v) is 4.23. The number of nitrogens with one attached hydrogen (secondary N) is 2. The monoisotopic (exact) mass is 515 g/mol. The molecule has 0 aliphatic rings. The van der Waals surface area contributed by atoms with Crippen LogP contribution >= 0.6 is 0 Å². The van der Waals surface area contributed by atoms with Crippen molar-refractivity contribution < 1.29 is 35.8 Å². The van der Waals surface area contributed by atoms with Gasteiger partial charge < -0.3 is 20.1 Å². The van der Waals surface area contributed by atoms with E-state index in [4.69, 9.17) is 4.74 Å². The van der Waals surface area contributed by atoms with Crippen LogP contribution in [0.15, 0.2) is 58.8 Å². The summed E-state index contributed by atoms with van der Waals surface area (Å²) in [5, 5.41) is 13.4. The molecule has 0 amide bonds. The fraction of sp³-hybridized carbons (Fsp3) is 0.286. The molecule has 36 heavy (non-hydrogen) atoms. The highest BCUT2D eigenvalue weighted by atomic mass is 19.4. The number of nitrogens with zero attached hydrogens (tertiary/aromatic N) is 5. The van der Waals surface area contributed by atoms with Crippen molar-refractivity contribution in [1.82, 2.24) is 15.0 Å². The number of azo groups is 1. The molecule has 0 spiro atoms. The Morgan fingerprint density at radius 3 is 2.31 bits per heavy atom. The van der Waals surface area contributed by atoms with Crippen LogP contribution in [0.1, 0.15) is 11.1 Å². The van der Waals surface area contributed by atoms with Gasteiger partial charge in [-0.05, 0) is 35.9 Å². The Balaban J connectivity index is 1.76. The normalized spacial score (nSPS) is 12.1. The molecule has 0 saturated carbocycles. The SMILES string of the molecule is COCCNc1nc(N=NCc2ccc(OC(F)(F)F)cc2)nc(Nc2cccc(C(F)(F)F)c2)n1. The molecule has 3 aromatic rings. The van der Waals surface area contributed by atoms with Gasteiger partial charge >= 0.3 is 12.5 Å². The maximum atomic E-state index is 13.0. The number of aromatic nitrogens is 3. The summed E-state index contributed by atoms with van der Waals surface area (Å²) in [5.74, 6) is -0.555. The van der Waals surface area contributed by atoms with Gasteiger partial charge in [-0.3, -0.25) is 0 Å². The van der Waals surface area contributed by atoms with Gasteiger partial charge in [0.15, 0.2) is 0 Å². The van der Waals surface area contributed by atoms with E-state index in [1.165, 1.54) is 31.4 Å². The van der Waals surface area contributed by atoms with Gasteiger partial charge in [0.05, 0.1) is 18.7 Å². The lowest BCUT2D eigenvalue weighted by Gasteiger charge is -2.11. The number of alkyl halides is 6. The van der Waals surface area contributed by atoms with E-state index in [2.05, 4.69) is 40.6 Å². The zero-order valence-electron chi connectivity index (χ0n) is 18.6. The summed E-state index contributed by atoms with van der Waals surface area (Å²) in [6.45, 7) is 0.639. The van der Waals surface area contributed by atoms with Gasteiger partial charge in [-0.2, -0.15) is 33.2 Å². The summed E-state index contributed by atoms with van der Waals surface area (Å²) in [4.78, 5) is 12.2. The highest BCUT2D eigenvalue weighted by Crippen LogP contribution is 2.31. The maximum Gasteiger partial charge on any atom is 0.573 e. The summed E-state index contributed by atoms with van der Waals surface area (Å²) in [6.07, 6.45) is -9.32. The molecule has 0 saturated heterocycles. The van der Waals surface area contributed by atoms with Crippen LogP contribution in [0.2, 0.25) is 0 Å². The van der Waals surface area contributed by atoms with Gasteiger partial charge in [0.25, 0.3) is 5.95 Å². The molecule has 3 rings (SSSR count). The number of ether oxygens (including phenoxy) is 2. The quantitative estimate of drug-likeness (QED) is 0.198. The number of benzene rings is 2. The smallest absolute Gasteiger partial charge is 0.406 e. The van der Waals surface area contributed by atoms with E-state index in [1.807, 2.05) is 0 Å². The van der Waals surface area contributed by atoms with Gasteiger partial charge in [0.2, 0.25) is 11.9 Å². The zero-order chi connectivity index (χ0) is 26.2. The summed E-state index contributed by atoms with van der Waals surface area (Å²) >= 11 is 0. The molecule has 0 fully saturated rings. The molecule has 0 aliphatic heterocycles. The van der Waals surface area contributed by atoms with Gasteiger partial charge in [0, 0.05) is 19.3 Å². The summed E-state index contributed by atoms with van der Waals surface area (Å²) in [7, 11) is 1.50. The van der Waals surface area contributed by atoms with E-state index < -0.39 is 18.1 Å². The van der Waals surface area contributed by atoms with Crippen LogP contribution in [-0.2, 0) is 17.5 Å². The van der Waals surface area contributed by atoms with Crippen LogP contribution < -0.4 is 15.4 Å². The van der Waals surface area contributed by atoms with Crippen molar-refractivity contribution in [1.29, 1.82) is 0 Å². The van der Waals surface area contributed by atoms with E-state index in [0.717, 1.165) is 24.3 Å². The van der Waals surface area contributed by atoms with Crippen molar-refractivity contribution in [3.63, 3.8) is 0 Å². The van der Waals surface area contributed by atoms with Gasteiger partial charge in [-0.25, -0.2) is 0 Å². The van der Waals surface area contributed by atoms with Crippen molar-refractivity contribution in [2.45, 2.75) is 19.1 Å². The molecule has 0 aliphatic carbocycles. The second-order valence-corrected chi connectivity index (χ2v) is 7.00. The van der Waals surface area contributed by atoms with Crippen LogP contribution in [0, 0.1) is 0 Å². The molecule has 192 valence electrons. The van der Waals surface area contributed by atoms with Crippen LogP contribution in [0.5, 0.6) is 5.75 Å². The molecule has 9 nitrogen and oxygen atoms in total. The molecule has 0 unspecified atom stereocenters. The molecular weight excluding hydrogens is 496 g/mol. The van der Waals surface area contributed by atoms with Crippen molar-refractivity contribution in [3.05, 3.63) is 59.7 Å². The molecule has 2 N–H and O–H groups in total. The lowest BCUT2D eigenvalue weighted by Crippen LogP contribution is -2.16. The topological polar surface area (TPSA) is 106 Å². The number of rotatable bonds is 10. The highest BCUT2D eigenvalue weighted by Gasteiger charge is 2.31. The Morgan fingerprint density at radius 1 is 0.917 bits per heavy atom. The zero-order valence-corrected chi connectivity index (χ0v) is 18.6. The number of anilines is 3. The first-order valence-electron chi connectivity index (χ1n) is 10.2. The van der Waals surface area contributed by atoms with Gasteiger partial charge in [0.1, 0.15) is 5.75 Å². The van der Waals surface area contributed by atoms with Gasteiger partial charge in [-0.15, -0.1) is 18.3 Å². The molecule has 15 heteroatoms. The van der Waals surface area contributed by atoms with E-state index in [-0.39, 0.29) is 35.8 Å². The molecule has 2 aromatic carbocycles. The largest absolute Gasteiger partial charge is 0.573 e. The first kappa shape index (κ1) is 26.6. The van der Waals surface area contributed by atoms with E-state index in [0.29, 0.717) is 18.7 Å². The molecule has 0 atom stereocenters. The minimum absolute atomic E-state index is 0.0131. The van der Waals surface area contributed by atoms with Crippen LogP contribution in [-0.4, -0.2) is 41.6 Å². The third-order valence-electron chi connectivity index (χ3n) is 4.23. The number of methoxy groups -OCH3 is 1. The maximum absolute atomic E-state index is 13.0. The average molecular weight is 515 g/mol. The van der Waals surface area contributed by atoms with E-state index in [9.17, 15) is 26.3 Å². The lowest BCUT2D eigenvalue weighted by molar-refractivity contribution is -0.274. The predicted molar refractivity (Wildman–Crippen MR) is 116 cm³/mol. The van der Waals surface area contributed by atoms with Crippen LogP contribution in [0.3, 0.4) is 0 Å². The Kier molecular flexibility index (Phi) is 8.58. The van der Waals surface area contributed by atoms with Crippen molar-refractivity contribution in [2.75, 3.05) is 30.9 Å². The lowest BCUT2D eigenvalue weighted by atomic mass is 10.2. The number of hydrogen-bond donors (Lipinski definition) is 2. The molecular formula is C21H19F6N7O2. The number of hydrogen-bond acceptors (Lipinski definition) is 9. The van der Waals surface area contributed by atoms with Crippen molar-refractivity contribution >= 4 is 23.5 Å². The fourth-order valence-corrected chi connectivity index (χ4v) is 2.69. The fourth-order valence-electron chi connectivity index (χ4n) is 2.69. The standard InChI is InChI=1S/C21H19F6N7O2/c1-35-10-9-28-17-31-18(30-15-4-2-3-14(11-15)20(22,23)24)33-19(32-17)34-29-12-13-5-7-16(8-6-13)36-21(25,26)27/h2-8,11H,9-10,12H2,1H3,(H2,28,30,31,32,33). The van der Waals surface area contributed by atoms with E-state index >= 15 is 0 Å². The Bertz CT molecular complexity index is 1170. The Labute approximate surface area is 200 Å². The summed E-state index contributed by atoms with van der Waals surface area (Å²) < 4.78 is 84.6. The van der Waals surface area contributed by atoms with Crippen LogP contribution in [0.4, 0.5) is 49.9 Å². The van der Waals surface area contributed by atoms with Gasteiger partial charge in [-0.1, -0.05) is 18.2 Å². The Morgan fingerprint density at radius 2 is 1.64 bits per heavy atom. The summed E-state index contributed by atoms with van der Waals surface area (Å²) in [5.41, 5.74) is -0.238. The second-order valence-electron chi connectivity index (χ2n) is 7.00.